The fourth-order valence-electron chi connectivity index (χ4n) is 2.94. The van der Waals surface area contributed by atoms with Gasteiger partial charge in [0.1, 0.15) is 0 Å². The maximum atomic E-state index is 2.36. The highest BCUT2D eigenvalue weighted by Gasteiger charge is 2.54. The lowest BCUT2D eigenvalue weighted by Crippen LogP contribution is -2.49. The Balaban J connectivity index is 3.39. The van der Waals surface area contributed by atoms with E-state index in [1.54, 1.807) is 11.1 Å². The summed E-state index contributed by atoms with van der Waals surface area (Å²) in [5, 5.41) is 0. The van der Waals surface area contributed by atoms with Crippen LogP contribution in [-0.2, 0) is 0 Å². The second-order valence-corrected chi connectivity index (χ2v) is 6.00. The van der Waals surface area contributed by atoms with Crippen molar-refractivity contribution in [2.24, 2.45) is 10.8 Å². The lowest BCUT2D eigenvalue weighted by Gasteiger charge is -2.58. The minimum atomic E-state index is 0.332. The lowest BCUT2D eigenvalue weighted by molar-refractivity contribution is 0.133. The molecule has 0 aromatic rings. The third kappa shape index (κ3) is 1.20. The summed E-state index contributed by atoms with van der Waals surface area (Å²) in [6, 6.07) is 0. The first-order valence-corrected chi connectivity index (χ1v) is 5.50. The van der Waals surface area contributed by atoms with E-state index in [4.69, 9.17) is 0 Å². The normalized spacial score (nSPS) is 23.1. The molecule has 14 heavy (non-hydrogen) atoms. The van der Waals surface area contributed by atoms with Crippen molar-refractivity contribution in [2.75, 3.05) is 0 Å². The summed E-state index contributed by atoms with van der Waals surface area (Å²) in [4.78, 5) is 0. The summed E-state index contributed by atoms with van der Waals surface area (Å²) in [5.41, 5.74) is 6.79. The molecule has 0 saturated heterocycles. The molecular weight excluding hydrogens is 168 g/mol. The molecule has 0 radical (unpaired) electrons. The molecule has 0 heteroatoms. The van der Waals surface area contributed by atoms with Crippen LogP contribution in [0.2, 0.25) is 0 Å². The van der Waals surface area contributed by atoms with E-state index in [2.05, 4.69) is 55.4 Å². The van der Waals surface area contributed by atoms with E-state index in [-0.39, 0.29) is 0 Å². The molecule has 1 fully saturated rings. The first kappa shape index (κ1) is 11.6. The Labute approximate surface area is 89.1 Å². The van der Waals surface area contributed by atoms with Gasteiger partial charge < -0.3 is 0 Å². The molecule has 1 saturated carbocycles. The molecule has 0 N–H and O–H groups in total. The molecule has 0 unspecified atom stereocenters. The zero-order chi connectivity index (χ0) is 11.3. The largest absolute Gasteiger partial charge is 0.0724 e. The number of hydrogen-bond acceptors (Lipinski definition) is 0. The van der Waals surface area contributed by atoms with Crippen molar-refractivity contribution >= 4 is 0 Å². The van der Waals surface area contributed by atoms with Crippen LogP contribution in [0.5, 0.6) is 0 Å². The minimum Gasteiger partial charge on any atom is -0.0724 e. The van der Waals surface area contributed by atoms with Gasteiger partial charge in [0.25, 0.3) is 0 Å². The molecule has 0 heterocycles. The van der Waals surface area contributed by atoms with Gasteiger partial charge in [-0.25, -0.2) is 0 Å². The topological polar surface area (TPSA) is 0 Å². The van der Waals surface area contributed by atoms with Gasteiger partial charge in [0.05, 0.1) is 0 Å². The van der Waals surface area contributed by atoms with Crippen LogP contribution in [0.25, 0.3) is 0 Å². The third-order valence-electron chi connectivity index (χ3n) is 4.06. The molecule has 1 rings (SSSR count). The van der Waals surface area contributed by atoms with Crippen LogP contribution in [0.3, 0.4) is 0 Å². The zero-order valence-electron chi connectivity index (χ0n) is 11.0. The fraction of sp³-hybridized carbons (Fsp3) is 0.714. The minimum absolute atomic E-state index is 0.332. The van der Waals surface area contributed by atoms with E-state index >= 15 is 0 Å². The molecule has 0 atom stereocenters. The molecule has 0 aliphatic heterocycles. The molecule has 80 valence electrons. The second kappa shape index (κ2) is 2.98. The Hall–Kier alpha value is -0.520. The lowest BCUT2D eigenvalue weighted by atomic mass is 9.45. The quantitative estimate of drug-likeness (QED) is 0.520. The summed E-state index contributed by atoms with van der Waals surface area (Å²) in [5.74, 6) is 0. The smallest absolute Gasteiger partial charge is 0.000969 e. The van der Waals surface area contributed by atoms with Crippen LogP contribution in [0, 0.1) is 10.8 Å². The van der Waals surface area contributed by atoms with Gasteiger partial charge in [0.2, 0.25) is 0 Å². The molecule has 0 bridgehead atoms. The average Bonchev–Trinajstić information content (AvgIpc) is 1.97. The van der Waals surface area contributed by atoms with Crippen molar-refractivity contribution in [2.45, 2.75) is 55.4 Å². The Bertz CT molecular complexity index is 280. The number of hydrogen-bond donors (Lipinski definition) is 0. The highest BCUT2D eigenvalue weighted by Crippen LogP contribution is 2.65. The van der Waals surface area contributed by atoms with Crippen molar-refractivity contribution in [1.82, 2.24) is 0 Å². The van der Waals surface area contributed by atoms with Gasteiger partial charge in [0.15, 0.2) is 0 Å². The summed E-state index contributed by atoms with van der Waals surface area (Å²) in [6.45, 7) is 18.4. The Kier molecular flexibility index (Phi) is 2.46. The number of allylic oxidation sites excluding steroid dienone is 4. The van der Waals surface area contributed by atoms with Gasteiger partial charge >= 0.3 is 0 Å². The highest BCUT2D eigenvalue weighted by molar-refractivity contribution is 5.56. The molecule has 0 aromatic carbocycles. The molecule has 0 amide bonds. The van der Waals surface area contributed by atoms with E-state index in [9.17, 15) is 0 Å². The molecule has 0 nitrogen and oxygen atoms in total. The van der Waals surface area contributed by atoms with Gasteiger partial charge in [-0.1, -0.05) is 38.8 Å². The zero-order valence-corrected chi connectivity index (χ0v) is 11.0. The maximum absolute atomic E-state index is 2.36. The van der Waals surface area contributed by atoms with Crippen LogP contribution in [0.4, 0.5) is 0 Å². The number of rotatable bonds is 0. The third-order valence-corrected chi connectivity index (χ3v) is 4.06. The highest BCUT2D eigenvalue weighted by atomic mass is 14.6. The second-order valence-electron chi connectivity index (χ2n) is 6.00. The Morgan fingerprint density at radius 3 is 1.00 bits per heavy atom. The fourth-order valence-corrected chi connectivity index (χ4v) is 2.94. The molecule has 1 aliphatic carbocycles. The van der Waals surface area contributed by atoms with Crippen molar-refractivity contribution < 1.29 is 0 Å². The van der Waals surface area contributed by atoms with Gasteiger partial charge in [-0.15, -0.1) is 0 Å². The Morgan fingerprint density at radius 1 is 0.643 bits per heavy atom. The van der Waals surface area contributed by atoms with Gasteiger partial charge in [-0.2, -0.15) is 0 Å². The molecule has 0 spiro atoms. The summed E-state index contributed by atoms with van der Waals surface area (Å²) in [6.07, 6.45) is 0. The van der Waals surface area contributed by atoms with E-state index in [0.717, 1.165) is 0 Å². The van der Waals surface area contributed by atoms with E-state index in [0.29, 0.717) is 10.8 Å². The molecule has 1 aliphatic rings. The summed E-state index contributed by atoms with van der Waals surface area (Å²) in [7, 11) is 0. The maximum Gasteiger partial charge on any atom is -0.000969 e. The summed E-state index contributed by atoms with van der Waals surface area (Å²) >= 11 is 0. The average molecular weight is 192 g/mol. The van der Waals surface area contributed by atoms with Crippen LogP contribution in [0.15, 0.2) is 22.3 Å². The monoisotopic (exact) mass is 192 g/mol. The summed E-state index contributed by atoms with van der Waals surface area (Å²) < 4.78 is 0. The SMILES string of the molecule is CC(C)=C1C(=C(C)C)C(C)(C)C1(C)C. The predicted octanol–water partition coefficient (Wildman–Crippen LogP) is 4.73. The van der Waals surface area contributed by atoms with Crippen LogP contribution < -0.4 is 0 Å². The van der Waals surface area contributed by atoms with Gasteiger partial charge in [0, 0.05) is 0 Å². The standard InChI is InChI=1S/C14H24/c1-9(2)11-12(10(3)4)14(7,8)13(11,5)6/h1-8H3. The van der Waals surface area contributed by atoms with Crippen molar-refractivity contribution in [1.29, 1.82) is 0 Å². The van der Waals surface area contributed by atoms with E-state index < -0.39 is 0 Å². The van der Waals surface area contributed by atoms with E-state index in [1.807, 2.05) is 0 Å². The van der Waals surface area contributed by atoms with Crippen molar-refractivity contribution in [3.05, 3.63) is 22.3 Å². The molecule has 0 aromatic heterocycles. The van der Waals surface area contributed by atoms with Crippen LogP contribution in [0.1, 0.15) is 55.4 Å². The van der Waals surface area contributed by atoms with Gasteiger partial charge in [-0.05, 0) is 49.7 Å². The first-order chi connectivity index (χ1) is 6.14. The Morgan fingerprint density at radius 2 is 0.857 bits per heavy atom. The van der Waals surface area contributed by atoms with Crippen molar-refractivity contribution in [3.63, 3.8) is 0 Å². The van der Waals surface area contributed by atoms with Crippen LogP contribution in [-0.4, -0.2) is 0 Å². The first-order valence-electron chi connectivity index (χ1n) is 5.50. The van der Waals surface area contributed by atoms with E-state index in [1.165, 1.54) is 11.1 Å². The molecular formula is C14H24. The predicted molar refractivity (Wildman–Crippen MR) is 64.3 cm³/mol. The van der Waals surface area contributed by atoms with Crippen LogP contribution >= 0.6 is 0 Å². The van der Waals surface area contributed by atoms with Gasteiger partial charge in [-0.3, -0.25) is 0 Å². The van der Waals surface area contributed by atoms with Crippen molar-refractivity contribution in [3.8, 4) is 0 Å².